The Morgan fingerprint density at radius 3 is 0.790 bits per heavy atom. The van der Waals surface area contributed by atoms with E-state index in [4.69, 9.17) is 14.2 Å². The summed E-state index contributed by atoms with van der Waals surface area (Å²) in [6, 6.07) is 0. The Labute approximate surface area is 387 Å². The zero-order chi connectivity index (χ0) is 45.2. The summed E-state index contributed by atoms with van der Waals surface area (Å²) in [5, 5.41) is 0. The highest BCUT2D eigenvalue weighted by Crippen LogP contribution is 2.18. The van der Waals surface area contributed by atoms with E-state index in [1.165, 1.54) is 212 Å². The van der Waals surface area contributed by atoms with Crippen molar-refractivity contribution < 1.29 is 28.6 Å². The lowest BCUT2D eigenvalue weighted by Gasteiger charge is -2.18. The second-order valence-corrected chi connectivity index (χ2v) is 19.7. The molecule has 0 aromatic heterocycles. The lowest BCUT2D eigenvalue weighted by atomic mass is 10.0. The highest BCUT2D eigenvalue weighted by Gasteiger charge is 2.19. The Bertz CT molecular complexity index is 933. The summed E-state index contributed by atoms with van der Waals surface area (Å²) in [5.74, 6) is -0.0138. The van der Waals surface area contributed by atoms with Gasteiger partial charge in [-0.2, -0.15) is 0 Å². The molecule has 6 nitrogen and oxygen atoms in total. The summed E-state index contributed by atoms with van der Waals surface area (Å²) in [5.41, 5.74) is 0. The molecule has 0 amide bonds. The Balaban J connectivity index is 4.29. The van der Waals surface area contributed by atoms with Crippen molar-refractivity contribution in [3.63, 3.8) is 0 Å². The van der Waals surface area contributed by atoms with E-state index in [9.17, 15) is 14.4 Å². The summed E-state index contributed by atoms with van der Waals surface area (Å²) in [6.07, 6.45) is 53.7. The third-order valence-corrected chi connectivity index (χ3v) is 12.8. The predicted molar refractivity (Wildman–Crippen MR) is 266 cm³/mol. The molecule has 0 fully saturated rings. The third kappa shape index (κ3) is 49.4. The number of carbonyl (C=O) groups is 3. The molecule has 368 valence electrons. The first kappa shape index (κ1) is 60.4. The Kier molecular flexibility index (Phi) is 49.1. The fourth-order valence-electron chi connectivity index (χ4n) is 8.57. The van der Waals surface area contributed by atoms with Gasteiger partial charge in [-0.05, 0) is 25.2 Å². The molecule has 62 heavy (non-hydrogen) atoms. The van der Waals surface area contributed by atoms with Crippen molar-refractivity contribution in [3.8, 4) is 0 Å². The van der Waals surface area contributed by atoms with Crippen LogP contribution in [0.15, 0.2) is 0 Å². The van der Waals surface area contributed by atoms with Crippen LogP contribution < -0.4 is 0 Å². The van der Waals surface area contributed by atoms with Crippen LogP contribution >= 0.6 is 0 Å². The number of esters is 3. The summed E-state index contributed by atoms with van der Waals surface area (Å²) < 4.78 is 16.9. The molecule has 1 atom stereocenters. The summed E-state index contributed by atoms with van der Waals surface area (Å²) >= 11 is 0. The van der Waals surface area contributed by atoms with E-state index in [0.29, 0.717) is 19.3 Å². The topological polar surface area (TPSA) is 78.9 Å². The second-order valence-electron chi connectivity index (χ2n) is 19.7. The Hall–Kier alpha value is -1.59. The van der Waals surface area contributed by atoms with Crippen LogP contribution in [0.4, 0.5) is 0 Å². The lowest BCUT2D eigenvalue weighted by molar-refractivity contribution is -0.167. The van der Waals surface area contributed by atoms with Crippen molar-refractivity contribution >= 4 is 17.9 Å². The van der Waals surface area contributed by atoms with Crippen molar-refractivity contribution in [1.29, 1.82) is 0 Å². The van der Waals surface area contributed by atoms with Crippen LogP contribution in [-0.2, 0) is 28.6 Å². The van der Waals surface area contributed by atoms with Crippen molar-refractivity contribution in [3.05, 3.63) is 0 Å². The smallest absolute Gasteiger partial charge is 0.306 e. The highest BCUT2D eigenvalue weighted by molar-refractivity contribution is 5.71. The maximum Gasteiger partial charge on any atom is 0.306 e. The van der Waals surface area contributed by atoms with E-state index in [2.05, 4.69) is 27.7 Å². The minimum atomic E-state index is -0.761. The van der Waals surface area contributed by atoms with E-state index in [1.54, 1.807) is 0 Å². The van der Waals surface area contributed by atoms with E-state index < -0.39 is 6.10 Å². The Morgan fingerprint density at radius 1 is 0.306 bits per heavy atom. The number of rotatable bonds is 51. The summed E-state index contributed by atoms with van der Waals surface area (Å²) in [4.78, 5) is 38.0. The third-order valence-electron chi connectivity index (χ3n) is 12.8. The van der Waals surface area contributed by atoms with Crippen LogP contribution in [0.3, 0.4) is 0 Å². The quantitative estimate of drug-likeness (QED) is 0.0344. The number of ether oxygens (including phenoxy) is 3. The van der Waals surface area contributed by atoms with E-state index >= 15 is 0 Å². The highest BCUT2D eigenvalue weighted by atomic mass is 16.6. The van der Waals surface area contributed by atoms with Crippen LogP contribution in [0.5, 0.6) is 0 Å². The molecule has 6 heteroatoms. The van der Waals surface area contributed by atoms with Crippen molar-refractivity contribution in [2.45, 2.75) is 323 Å². The van der Waals surface area contributed by atoms with Gasteiger partial charge in [0, 0.05) is 19.3 Å². The lowest BCUT2D eigenvalue weighted by Crippen LogP contribution is -2.30. The zero-order valence-electron chi connectivity index (χ0n) is 42.3. The zero-order valence-corrected chi connectivity index (χ0v) is 42.3. The van der Waals surface area contributed by atoms with E-state index in [0.717, 1.165) is 63.7 Å². The first-order valence-corrected chi connectivity index (χ1v) is 27.9. The molecule has 0 saturated heterocycles. The van der Waals surface area contributed by atoms with Gasteiger partial charge in [-0.25, -0.2) is 0 Å². The van der Waals surface area contributed by atoms with Gasteiger partial charge in [0.2, 0.25) is 0 Å². The van der Waals surface area contributed by atoms with Gasteiger partial charge in [0.1, 0.15) is 13.2 Å². The van der Waals surface area contributed by atoms with Crippen LogP contribution in [0, 0.1) is 5.92 Å². The molecule has 0 heterocycles. The Morgan fingerprint density at radius 2 is 0.532 bits per heavy atom. The molecular formula is C56H108O6. The maximum absolute atomic E-state index is 12.8. The molecule has 0 aromatic carbocycles. The average molecular weight is 877 g/mol. The molecule has 0 rings (SSSR count). The standard InChI is InChI=1S/C56H108O6/c1-5-7-9-11-13-15-17-19-20-21-22-24-28-32-36-40-44-48-55(58)61-51-53(50-60-54(57)47-43-39-35-31-27-23-18-16-14-12-10-8-6-2)62-56(59)49-45-41-37-33-29-25-26-30-34-38-42-46-52(3)4/h52-53H,5-51H2,1-4H3/t53-/m0/s1. The van der Waals surface area contributed by atoms with Crippen LogP contribution in [0.25, 0.3) is 0 Å². The minimum absolute atomic E-state index is 0.0622. The van der Waals surface area contributed by atoms with E-state index in [-0.39, 0.29) is 31.1 Å². The molecule has 0 aliphatic heterocycles. The first-order valence-electron chi connectivity index (χ1n) is 27.9. The van der Waals surface area contributed by atoms with Gasteiger partial charge in [0.15, 0.2) is 6.10 Å². The second kappa shape index (κ2) is 50.4. The number of unbranched alkanes of at least 4 members (excludes halogenated alkanes) is 38. The molecule has 0 spiro atoms. The van der Waals surface area contributed by atoms with Crippen LogP contribution in [0.2, 0.25) is 0 Å². The summed E-state index contributed by atoms with van der Waals surface area (Å²) in [6.45, 7) is 9.04. The van der Waals surface area contributed by atoms with Gasteiger partial charge in [-0.1, -0.05) is 278 Å². The van der Waals surface area contributed by atoms with Gasteiger partial charge in [-0.15, -0.1) is 0 Å². The predicted octanol–water partition coefficient (Wildman–Crippen LogP) is 18.2. The fraction of sp³-hybridized carbons (Fsp3) is 0.946. The van der Waals surface area contributed by atoms with Gasteiger partial charge in [0.05, 0.1) is 0 Å². The van der Waals surface area contributed by atoms with Gasteiger partial charge in [-0.3, -0.25) is 14.4 Å². The number of carbonyl (C=O) groups excluding carboxylic acids is 3. The average Bonchev–Trinajstić information content (AvgIpc) is 3.26. The van der Waals surface area contributed by atoms with Crippen molar-refractivity contribution in [2.24, 2.45) is 5.92 Å². The molecule has 0 saturated carbocycles. The maximum atomic E-state index is 12.8. The fourth-order valence-corrected chi connectivity index (χ4v) is 8.57. The molecule has 0 bridgehead atoms. The molecule has 0 aliphatic rings. The molecule has 0 N–H and O–H groups in total. The van der Waals surface area contributed by atoms with Gasteiger partial charge >= 0.3 is 17.9 Å². The largest absolute Gasteiger partial charge is 0.462 e. The number of hydrogen-bond acceptors (Lipinski definition) is 6. The molecule has 0 radical (unpaired) electrons. The molecular weight excluding hydrogens is 769 g/mol. The molecule has 0 unspecified atom stereocenters. The van der Waals surface area contributed by atoms with Gasteiger partial charge in [0.25, 0.3) is 0 Å². The van der Waals surface area contributed by atoms with Crippen LogP contribution in [-0.4, -0.2) is 37.2 Å². The monoisotopic (exact) mass is 877 g/mol. The number of hydrogen-bond donors (Lipinski definition) is 0. The normalized spacial score (nSPS) is 12.0. The first-order chi connectivity index (χ1) is 30.4. The van der Waals surface area contributed by atoms with Crippen LogP contribution in [0.1, 0.15) is 317 Å². The minimum Gasteiger partial charge on any atom is -0.462 e. The summed E-state index contributed by atoms with van der Waals surface area (Å²) in [7, 11) is 0. The van der Waals surface area contributed by atoms with E-state index in [1.807, 2.05) is 0 Å². The molecule has 0 aromatic rings. The molecule has 0 aliphatic carbocycles. The van der Waals surface area contributed by atoms with Gasteiger partial charge < -0.3 is 14.2 Å². The SMILES string of the molecule is CCCCCCCCCCCCCCCCCCCC(=O)OC[C@H](COC(=O)CCCCCCCCCCCCCCC)OC(=O)CCCCCCCCCCCCCC(C)C. The van der Waals surface area contributed by atoms with Crippen molar-refractivity contribution in [2.75, 3.05) is 13.2 Å². The van der Waals surface area contributed by atoms with Crippen molar-refractivity contribution in [1.82, 2.24) is 0 Å².